The van der Waals surface area contributed by atoms with Crippen LogP contribution in [-0.2, 0) is 4.79 Å². The van der Waals surface area contributed by atoms with Gasteiger partial charge in [0.05, 0.1) is 6.10 Å². The van der Waals surface area contributed by atoms with E-state index >= 15 is 0 Å². The van der Waals surface area contributed by atoms with E-state index in [1.54, 1.807) is 0 Å². The molecule has 0 aromatic rings. The monoisotopic (exact) mass is 182 g/mol. The smallest absolute Gasteiger partial charge is 0.132 e. The third kappa shape index (κ3) is 9.02. The third-order valence-electron chi connectivity index (χ3n) is 1.63. The summed E-state index contributed by atoms with van der Waals surface area (Å²) in [7, 11) is 0. The average molecular weight is 182 g/mol. The predicted molar refractivity (Wildman–Crippen MR) is 54.5 cm³/mol. The first-order valence-corrected chi connectivity index (χ1v) is 4.62. The van der Waals surface area contributed by atoms with Crippen LogP contribution in [0.5, 0.6) is 0 Å². The molecule has 0 aliphatic carbocycles. The fourth-order valence-corrected chi connectivity index (χ4v) is 1.01. The molecule has 0 saturated heterocycles. The second-order valence-electron chi connectivity index (χ2n) is 3.09. The van der Waals surface area contributed by atoms with Crippen molar-refractivity contribution in [3.63, 3.8) is 0 Å². The van der Waals surface area contributed by atoms with Crippen LogP contribution in [-0.4, -0.2) is 17.0 Å². The summed E-state index contributed by atoms with van der Waals surface area (Å²) in [4.78, 5) is 10.6. The molecule has 0 radical (unpaired) electrons. The van der Waals surface area contributed by atoms with Crippen molar-refractivity contribution in [1.82, 2.24) is 0 Å². The molecule has 0 bridgehead atoms. The number of rotatable bonds is 6. The highest BCUT2D eigenvalue weighted by Crippen LogP contribution is 2.02. The number of carbonyl (C=O) groups excluding carboxylic acids is 1. The summed E-state index contributed by atoms with van der Waals surface area (Å²) in [5.41, 5.74) is 0. The SMILES string of the molecule is C/C=C/C=C\CCC(O)CC(C)=O. The van der Waals surface area contributed by atoms with Crippen LogP contribution in [0.25, 0.3) is 0 Å². The maximum atomic E-state index is 10.6. The van der Waals surface area contributed by atoms with Crippen LogP contribution in [0.3, 0.4) is 0 Å². The Labute approximate surface area is 80.0 Å². The average Bonchev–Trinajstić information content (AvgIpc) is 2.02. The maximum absolute atomic E-state index is 10.6. The van der Waals surface area contributed by atoms with Gasteiger partial charge in [-0.2, -0.15) is 0 Å². The van der Waals surface area contributed by atoms with Gasteiger partial charge in [-0.1, -0.05) is 24.3 Å². The van der Waals surface area contributed by atoms with Gasteiger partial charge >= 0.3 is 0 Å². The van der Waals surface area contributed by atoms with Crippen LogP contribution in [0.1, 0.15) is 33.1 Å². The molecule has 0 aromatic carbocycles. The van der Waals surface area contributed by atoms with Gasteiger partial charge in [0.1, 0.15) is 5.78 Å². The standard InChI is InChI=1S/C11H18O2/c1-3-4-5-6-7-8-11(13)9-10(2)12/h3-6,11,13H,7-9H2,1-2H3/b4-3+,6-5-. The van der Waals surface area contributed by atoms with Gasteiger partial charge in [0.2, 0.25) is 0 Å². The van der Waals surface area contributed by atoms with Gasteiger partial charge in [-0.3, -0.25) is 4.79 Å². The molecule has 1 N–H and O–H groups in total. The Kier molecular flexibility index (Phi) is 7.21. The van der Waals surface area contributed by atoms with Gasteiger partial charge in [0.25, 0.3) is 0 Å². The van der Waals surface area contributed by atoms with Gasteiger partial charge in [-0.15, -0.1) is 0 Å². The van der Waals surface area contributed by atoms with Crippen molar-refractivity contribution in [2.75, 3.05) is 0 Å². The minimum atomic E-state index is -0.479. The summed E-state index contributed by atoms with van der Waals surface area (Å²) in [5, 5.41) is 9.30. The van der Waals surface area contributed by atoms with Crippen molar-refractivity contribution in [3.05, 3.63) is 24.3 Å². The Hall–Kier alpha value is -0.890. The van der Waals surface area contributed by atoms with E-state index in [4.69, 9.17) is 0 Å². The first kappa shape index (κ1) is 12.1. The van der Waals surface area contributed by atoms with E-state index in [1.165, 1.54) is 6.92 Å². The van der Waals surface area contributed by atoms with Crippen molar-refractivity contribution in [3.8, 4) is 0 Å². The molecule has 1 atom stereocenters. The minimum Gasteiger partial charge on any atom is -0.393 e. The number of hydrogen-bond acceptors (Lipinski definition) is 2. The van der Waals surface area contributed by atoms with E-state index in [2.05, 4.69) is 0 Å². The topological polar surface area (TPSA) is 37.3 Å². The van der Waals surface area contributed by atoms with E-state index in [9.17, 15) is 9.90 Å². The number of aliphatic hydroxyl groups is 1. The fourth-order valence-electron chi connectivity index (χ4n) is 1.01. The zero-order chi connectivity index (χ0) is 10.1. The first-order chi connectivity index (χ1) is 6.16. The quantitative estimate of drug-likeness (QED) is 0.640. The molecule has 0 fully saturated rings. The lowest BCUT2D eigenvalue weighted by molar-refractivity contribution is -0.118. The van der Waals surface area contributed by atoms with Crippen molar-refractivity contribution in [1.29, 1.82) is 0 Å². The molecule has 0 heterocycles. The lowest BCUT2D eigenvalue weighted by atomic mass is 10.1. The van der Waals surface area contributed by atoms with Crippen molar-refractivity contribution in [2.24, 2.45) is 0 Å². The Morgan fingerprint density at radius 1 is 1.46 bits per heavy atom. The predicted octanol–water partition coefficient (Wildman–Crippen LogP) is 2.24. The van der Waals surface area contributed by atoms with Gasteiger partial charge in [-0.05, 0) is 26.7 Å². The summed E-state index contributed by atoms with van der Waals surface area (Å²) in [5.74, 6) is 0.0462. The summed E-state index contributed by atoms with van der Waals surface area (Å²) in [6.45, 7) is 3.45. The van der Waals surface area contributed by atoms with Crippen LogP contribution in [0.2, 0.25) is 0 Å². The molecule has 0 amide bonds. The van der Waals surface area contributed by atoms with Gasteiger partial charge in [0, 0.05) is 6.42 Å². The molecule has 2 heteroatoms. The highest BCUT2D eigenvalue weighted by Gasteiger charge is 2.04. The number of allylic oxidation sites excluding steroid dienone is 4. The Balaban J connectivity index is 3.47. The maximum Gasteiger partial charge on any atom is 0.132 e. The third-order valence-corrected chi connectivity index (χ3v) is 1.63. The molecule has 74 valence electrons. The zero-order valence-corrected chi connectivity index (χ0v) is 8.36. The fraction of sp³-hybridized carbons (Fsp3) is 0.545. The second kappa shape index (κ2) is 7.74. The Morgan fingerprint density at radius 2 is 2.15 bits per heavy atom. The number of hydrogen-bond donors (Lipinski definition) is 1. The van der Waals surface area contributed by atoms with E-state index in [-0.39, 0.29) is 12.2 Å². The van der Waals surface area contributed by atoms with E-state index in [0.717, 1.165) is 6.42 Å². The van der Waals surface area contributed by atoms with Crippen LogP contribution in [0.4, 0.5) is 0 Å². The summed E-state index contributed by atoms with van der Waals surface area (Å²) in [6, 6.07) is 0. The Morgan fingerprint density at radius 3 is 2.69 bits per heavy atom. The largest absolute Gasteiger partial charge is 0.393 e. The number of ketones is 1. The van der Waals surface area contributed by atoms with Crippen molar-refractivity contribution >= 4 is 5.78 Å². The first-order valence-electron chi connectivity index (χ1n) is 4.62. The van der Waals surface area contributed by atoms with Crippen molar-refractivity contribution in [2.45, 2.75) is 39.2 Å². The highest BCUT2D eigenvalue weighted by molar-refractivity contribution is 5.75. The highest BCUT2D eigenvalue weighted by atomic mass is 16.3. The van der Waals surface area contributed by atoms with Gasteiger partial charge < -0.3 is 5.11 Å². The lowest BCUT2D eigenvalue weighted by Gasteiger charge is -2.04. The molecule has 0 saturated carbocycles. The van der Waals surface area contributed by atoms with Crippen molar-refractivity contribution < 1.29 is 9.90 Å². The van der Waals surface area contributed by atoms with E-state index in [1.807, 2.05) is 31.2 Å². The van der Waals surface area contributed by atoms with E-state index in [0.29, 0.717) is 6.42 Å². The molecule has 0 spiro atoms. The summed E-state index contributed by atoms with van der Waals surface area (Å²) >= 11 is 0. The summed E-state index contributed by atoms with van der Waals surface area (Å²) in [6.07, 6.45) is 9.10. The van der Waals surface area contributed by atoms with E-state index < -0.39 is 6.10 Å². The minimum absolute atomic E-state index is 0.0462. The molecule has 0 aromatic heterocycles. The lowest BCUT2D eigenvalue weighted by Crippen LogP contribution is -2.10. The normalized spacial score (nSPS) is 14.1. The van der Waals surface area contributed by atoms with Crippen LogP contribution in [0.15, 0.2) is 24.3 Å². The van der Waals surface area contributed by atoms with Crippen LogP contribution < -0.4 is 0 Å². The molecule has 1 unspecified atom stereocenters. The van der Waals surface area contributed by atoms with Gasteiger partial charge in [0.15, 0.2) is 0 Å². The summed E-state index contributed by atoms with van der Waals surface area (Å²) < 4.78 is 0. The molecule has 2 nitrogen and oxygen atoms in total. The molecular weight excluding hydrogens is 164 g/mol. The molecular formula is C11H18O2. The molecule has 13 heavy (non-hydrogen) atoms. The number of carbonyl (C=O) groups is 1. The van der Waals surface area contributed by atoms with Crippen LogP contribution >= 0.6 is 0 Å². The molecule has 0 aliphatic heterocycles. The van der Waals surface area contributed by atoms with Gasteiger partial charge in [-0.25, -0.2) is 0 Å². The van der Waals surface area contributed by atoms with Crippen LogP contribution in [0, 0.1) is 0 Å². The molecule has 0 aliphatic rings. The Bertz CT molecular complexity index is 192. The number of aliphatic hydroxyl groups excluding tert-OH is 1. The molecule has 0 rings (SSSR count). The zero-order valence-electron chi connectivity index (χ0n) is 8.36. The number of Topliss-reactive ketones (excluding diaryl/α,β-unsaturated/α-hetero) is 1. The second-order valence-corrected chi connectivity index (χ2v) is 3.09.